The zero-order valence-corrected chi connectivity index (χ0v) is 14.2. The van der Waals surface area contributed by atoms with E-state index in [1.165, 1.54) is 19.3 Å². The molecule has 1 aliphatic carbocycles. The van der Waals surface area contributed by atoms with Crippen LogP contribution in [0.2, 0.25) is 0 Å². The molecular formula is C15H28N4S. The summed E-state index contributed by atoms with van der Waals surface area (Å²) in [6, 6.07) is 0.608. The van der Waals surface area contributed by atoms with Gasteiger partial charge in [-0.3, -0.25) is 0 Å². The summed E-state index contributed by atoms with van der Waals surface area (Å²) in [5.41, 5.74) is 0. The molecule has 5 heteroatoms. The minimum absolute atomic E-state index is 0.608. The number of nitrogens with zero attached hydrogens (tertiary/aromatic N) is 3. The minimum atomic E-state index is 0.608. The maximum atomic E-state index is 4.32. The number of hydrogen-bond acceptors (Lipinski definition) is 4. The van der Waals surface area contributed by atoms with Crippen molar-refractivity contribution < 1.29 is 0 Å². The molecular weight excluding hydrogens is 268 g/mol. The van der Waals surface area contributed by atoms with Crippen molar-refractivity contribution in [1.82, 2.24) is 20.1 Å². The van der Waals surface area contributed by atoms with Gasteiger partial charge in [0, 0.05) is 18.3 Å². The highest BCUT2D eigenvalue weighted by Crippen LogP contribution is 2.38. The predicted octanol–water partition coefficient (Wildman–Crippen LogP) is 3.02. The van der Waals surface area contributed by atoms with Crippen LogP contribution in [0.25, 0.3) is 0 Å². The molecule has 0 bridgehead atoms. The van der Waals surface area contributed by atoms with Gasteiger partial charge in [0.05, 0.1) is 0 Å². The van der Waals surface area contributed by atoms with Gasteiger partial charge in [0.1, 0.15) is 5.82 Å². The molecule has 1 aromatic rings. The molecule has 1 N–H and O–H groups in total. The number of hydrogen-bond donors (Lipinski definition) is 1. The second-order valence-electron chi connectivity index (χ2n) is 6.23. The first-order valence-electron chi connectivity index (χ1n) is 7.79. The van der Waals surface area contributed by atoms with Gasteiger partial charge in [-0.2, -0.15) is 0 Å². The summed E-state index contributed by atoms with van der Waals surface area (Å²) < 4.78 is 2.10. The Labute approximate surface area is 127 Å². The number of nitrogens with one attached hydrogen (secondary N) is 1. The van der Waals surface area contributed by atoms with Crippen LogP contribution in [0, 0.1) is 18.8 Å². The van der Waals surface area contributed by atoms with E-state index in [1.807, 2.05) is 18.7 Å². The van der Waals surface area contributed by atoms with E-state index in [-0.39, 0.29) is 0 Å². The average Bonchev–Trinajstić information content (AvgIpc) is 2.73. The Morgan fingerprint density at radius 1 is 1.35 bits per heavy atom. The van der Waals surface area contributed by atoms with Crippen molar-refractivity contribution >= 4 is 11.8 Å². The Bertz CT molecular complexity index is 430. The van der Waals surface area contributed by atoms with Gasteiger partial charge in [-0.15, -0.1) is 10.2 Å². The predicted molar refractivity (Wildman–Crippen MR) is 85.0 cm³/mol. The fourth-order valence-corrected chi connectivity index (χ4v) is 4.41. The van der Waals surface area contributed by atoms with Gasteiger partial charge >= 0.3 is 0 Å². The standard InChI is InChI=1S/C15H28N4S/c1-6-16-13-8-7-12(10(2)3)9-14(13)20-15-18-17-11(4)19(15)5/h10,12-14,16H,6-9H2,1-5H3. The van der Waals surface area contributed by atoms with Crippen LogP contribution in [-0.4, -0.2) is 32.6 Å². The molecule has 4 nitrogen and oxygen atoms in total. The maximum absolute atomic E-state index is 4.32. The van der Waals surface area contributed by atoms with Crippen LogP contribution in [0.5, 0.6) is 0 Å². The van der Waals surface area contributed by atoms with Crippen molar-refractivity contribution in [3.05, 3.63) is 5.82 Å². The van der Waals surface area contributed by atoms with Gasteiger partial charge in [0.2, 0.25) is 0 Å². The molecule has 3 unspecified atom stereocenters. The van der Waals surface area contributed by atoms with Crippen molar-refractivity contribution in [2.45, 2.75) is 63.4 Å². The number of aromatic nitrogens is 3. The third-order valence-electron chi connectivity index (χ3n) is 4.55. The molecule has 1 heterocycles. The normalized spacial score (nSPS) is 27.2. The maximum Gasteiger partial charge on any atom is 0.191 e. The molecule has 1 aliphatic rings. The van der Waals surface area contributed by atoms with Crippen LogP contribution in [-0.2, 0) is 7.05 Å². The molecule has 2 rings (SSSR count). The van der Waals surface area contributed by atoms with Crippen molar-refractivity contribution in [1.29, 1.82) is 0 Å². The average molecular weight is 296 g/mol. The molecule has 0 radical (unpaired) electrons. The van der Waals surface area contributed by atoms with E-state index < -0.39 is 0 Å². The minimum Gasteiger partial charge on any atom is -0.313 e. The first-order chi connectivity index (χ1) is 9.52. The Kier molecular flexibility index (Phi) is 5.49. The summed E-state index contributed by atoms with van der Waals surface area (Å²) in [6.45, 7) is 9.96. The van der Waals surface area contributed by atoms with Crippen molar-refractivity contribution in [3.63, 3.8) is 0 Å². The largest absolute Gasteiger partial charge is 0.313 e. The van der Waals surface area contributed by atoms with Crippen molar-refractivity contribution in [2.75, 3.05) is 6.54 Å². The molecule has 0 saturated heterocycles. The third-order valence-corrected chi connectivity index (χ3v) is 5.94. The molecule has 3 atom stereocenters. The molecule has 0 aliphatic heterocycles. The van der Waals surface area contributed by atoms with Crippen LogP contribution in [0.15, 0.2) is 5.16 Å². The molecule has 114 valence electrons. The van der Waals surface area contributed by atoms with Gasteiger partial charge in [0.25, 0.3) is 0 Å². The second-order valence-corrected chi connectivity index (χ2v) is 7.43. The quantitative estimate of drug-likeness (QED) is 0.907. The molecule has 1 fully saturated rings. The highest BCUT2D eigenvalue weighted by atomic mass is 32.2. The lowest BCUT2D eigenvalue weighted by Gasteiger charge is -2.37. The van der Waals surface area contributed by atoms with Gasteiger partial charge in [-0.1, -0.05) is 32.5 Å². The summed E-state index contributed by atoms with van der Waals surface area (Å²) in [7, 11) is 2.06. The molecule has 0 aromatic carbocycles. The van der Waals surface area contributed by atoms with Gasteiger partial charge in [-0.05, 0) is 44.6 Å². The number of rotatable bonds is 5. The van der Waals surface area contributed by atoms with E-state index >= 15 is 0 Å². The molecule has 0 amide bonds. The lowest BCUT2D eigenvalue weighted by molar-refractivity contribution is 0.247. The summed E-state index contributed by atoms with van der Waals surface area (Å²) in [5.74, 6) is 2.61. The van der Waals surface area contributed by atoms with Gasteiger partial charge in [-0.25, -0.2) is 0 Å². The summed E-state index contributed by atoms with van der Waals surface area (Å²) in [4.78, 5) is 0. The Morgan fingerprint density at radius 2 is 2.10 bits per heavy atom. The molecule has 1 saturated carbocycles. The molecule has 0 spiro atoms. The van der Waals surface area contributed by atoms with Crippen molar-refractivity contribution in [2.24, 2.45) is 18.9 Å². The van der Waals surface area contributed by atoms with E-state index in [0.29, 0.717) is 11.3 Å². The smallest absolute Gasteiger partial charge is 0.191 e. The lowest BCUT2D eigenvalue weighted by atomic mass is 9.79. The molecule has 20 heavy (non-hydrogen) atoms. The van der Waals surface area contributed by atoms with Crippen molar-refractivity contribution in [3.8, 4) is 0 Å². The summed E-state index contributed by atoms with van der Waals surface area (Å²) in [5, 5.41) is 13.8. The van der Waals surface area contributed by atoms with Gasteiger partial charge in [0.15, 0.2) is 5.16 Å². The molecule has 1 aromatic heterocycles. The van der Waals surface area contributed by atoms with Crippen LogP contribution in [0.1, 0.15) is 45.9 Å². The second kappa shape index (κ2) is 6.94. The monoisotopic (exact) mass is 296 g/mol. The van der Waals surface area contributed by atoms with E-state index in [9.17, 15) is 0 Å². The Balaban J connectivity index is 2.08. The fraction of sp³-hybridized carbons (Fsp3) is 0.867. The van der Waals surface area contributed by atoms with Crippen LogP contribution in [0.3, 0.4) is 0 Å². The van der Waals surface area contributed by atoms with E-state index in [1.54, 1.807) is 0 Å². The number of thioether (sulfide) groups is 1. The van der Waals surface area contributed by atoms with E-state index in [0.717, 1.165) is 29.4 Å². The summed E-state index contributed by atoms with van der Waals surface area (Å²) in [6.07, 6.45) is 3.92. The first kappa shape index (κ1) is 15.8. The van der Waals surface area contributed by atoms with Crippen LogP contribution in [0.4, 0.5) is 0 Å². The topological polar surface area (TPSA) is 42.7 Å². The van der Waals surface area contributed by atoms with E-state index in [4.69, 9.17) is 0 Å². The third kappa shape index (κ3) is 3.55. The van der Waals surface area contributed by atoms with Crippen LogP contribution >= 0.6 is 11.8 Å². The summed E-state index contributed by atoms with van der Waals surface area (Å²) >= 11 is 1.91. The lowest BCUT2D eigenvalue weighted by Crippen LogP contribution is -2.43. The zero-order valence-electron chi connectivity index (χ0n) is 13.4. The van der Waals surface area contributed by atoms with Crippen LogP contribution < -0.4 is 5.32 Å². The highest BCUT2D eigenvalue weighted by Gasteiger charge is 2.33. The SMILES string of the molecule is CCNC1CCC(C(C)C)CC1Sc1nnc(C)n1C. The Hall–Kier alpha value is -0.550. The Morgan fingerprint density at radius 3 is 2.65 bits per heavy atom. The van der Waals surface area contributed by atoms with E-state index in [2.05, 4.69) is 47.9 Å². The highest BCUT2D eigenvalue weighted by molar-refractivity contribution is 7.99. The first-order valence-corrected chi connectivity index (χ1v) is 8.66. The number of aryl methyl sites for hydroxylation is 1. The fourth-order valence-electron chi connectivity index (χ4n) is 3.02. The van der Waals surface area contributed by atoms with Gasteiger partial charge < -0.3 is 9.88 Å². The zero-order chi connectivity index (χ0) is 14.7.